The highest BCUT2D eigenvalue weighted by Crippen LogP contribution is 2.29. The summed E-state index contributed by atoms with van der Waals surface area (Å²) in [5, 5.41) is 5.38. The number of alkyl halides is 2. The van der Waals surface area contributed by atoms with E-state index in [1.54, 1.807) is 0 Å². The number of carbonyl (C=O) groups is 1. The summed E-state index contributed by atoms with van der Waals surface area (Å²) in [5.74, 6) is 0. The van der Waals surface area contributed by atoms with E-state index in [1.807, 2.05) is 18.2 Å². The lowest BCUT2D eigenvalue weighted by Crippen LogP contribution is -2.40. The fourth-order valence-electron chi connectivity index (χ4n) is 3.69. The fourth-order valence-corrected chi connectivity index (χ4v) is 4.58. The Labute approximate surface area is 175 Å². The molecule has 2 atom stereocenters. The molecule has 3 rings (SSSR count). The number of anilines is 1. The number of urea groups is 1. The number of likely N-dealkylation sites (tertiary alicyclic amines) is 1. The van der Waals surface area contributed by atoms with Crippen LogP contribution in [0.4, 0.5) is 19.3 Å². The lowest BCUT2D eigenvalue weighted by Gasteiger charge is -2.24. The third kappa shape index (κ3) is 5.34. The van der Waals surface area contributed by atoms with Gasteiger partial charge in [0.1, 0.15) is 0 Å². The normalized spacial score (nSPS) is 18.4. The maximum absolute atomic E-state index is 13.3. The molecular formula is C21H25F2N3O3S. The molecule has 30 heavy (non-hydrogen) atoms. The third-order valence-electron chi connectivity index (χ3n) is 5.29. The van der Waals surface area contributed by atoms with Gasteiger partial charge in [-0.3, -0.25) is 4.90 Å². The van der Waals surface area contributed by atoms with Gasteiger partial charge in [0.15, 0.2) is 9.84 Å². The molecule has 1 aliphatic heterocycles. The topological polar surface area (TPSA) is 78.5 Å². The zero-order chi connectivity index (χ0) is 21.9. The van der Waals surface area contributed by atoms with Crippen molar-refractivity contribution in [2.75, 3.05) is 24.7 Å². The van der Waals surface area contributed by atoms with Crippen molar-refractivity contribution in [2.24, 2.45) is 0 Å². The van der Waals surface area contributed by atoms with E-state index < -0.39 is 32.8 Å². The van der Waals surface area contributed by atoms with Crippen LogP contribution in [0.5, 0.6) is 0 Å². The van der Waals surface area contributed by atoms with Crippen molar-refractivity contribution in [3.63, 3.8) is 0 Å². The largest absolute Gasteiger partial charge is 0.334 e. The monoisotopic (exact) mass is 437 g/mol. The van der Waals surface area contributed by atoms with Gasteiger partial charge in [-0.05, 0) is 37.1 Å². The van der Waals surface area contributed by atoms with Gasteiger partial charge in [0.25, 0.3) is 6.43 Å². The highest BCUT2D eigenvalue weighted by Gasteiger charge is 2.28. The van der Waals surface area contributed by atoms with E-state index in [2.05, 4.69) is 34.6 Å². The number of hydrogen-bond donors (Lipinski definition) is 2. The van der Waals surface area contributed by atoms with Crippen LogP contribution < -0.4 is 10.6 Å². The van der Waals surface area contributed by atoms with E-state index >= 15 is 0 Å². The molecule has 2 aromatic rings. The molecule has 1 heterocycles. The minimum Gasteiger partial charge on any atom is -0.334 e. The Hall–Kier alpha value is -2.52. The van der Waals surface area contributed by atoms with E-state index in [1.165, 1.54) is 11.6 Å². The zero-order valence-corrected chi connectivity index (χ0v) is 17.6. The van der Waals surface area contributed by atoms with E-state index in [4.69, 9.17) is 0 Å². The first-order valence-electron chi connectivity index (χ1n) is 9.64. The molecule has 2 aromatic carbocycles. The Morgan fingerprint density at radius 3 is 2.50 bits per heavy atom. The molecule has 162 valence electrons. The molecule has 9 heteroatoms. The van der Waals surface area contributed by atoms with Gasteiger partial charge in [0.2, 0.25) is 0 Å². The number of carbonyl (C=O) groups excluding carboxylic acids is 1. The number of nitrogens with one attached hydrogen (secondary N) is 2. The van der Waals surface area contributed by atoms with Gasteiger partial charge >= 0.3 is 6.03 Å². The number of sulfone groups is 1. The van der Waals surface area contributed by atoms with E-state index in [-0.39, 0.29) is 17.8 Å². The smallest absolute Gasteiger partial charge is 0.319 e. The molecule has 1 aliphatic rings. The maximum atomic E-state index is 13.3. The molecule has 0 aliphatic carbocycles. The molecule has 2 N–H and O–H groups in total. The lowest BCUT2D eigenvalue weighted by atomic mass is 10.1. The van der Waals surface area contributed by atoms with E-state index in [9.17, 15) is 22.0 Å². The van der Waals surface area contributed by atoms with Crippen LogP contribution >= 0.6 is 0 Å². The van der Waals surface area contributed by atoms with Crippen LogP contribution in [0.1, 0.15) is 36.9 Å². The van der Waals surface area contributed by atoms with Crippen LogP contribution in [0.2, 0.25) is 0 Å². The molecule has 0 aromatic heterocycles. The van der Waals surface area contributed by atoms with Gasteiger partial charge in [-0.25, -0.2) is 22.0 Å². The Morgan fingerprint density at radius 1 is 1.17 bits per heavy atom. The summed E-state index contributed by atoms with van der Waals surface area (Å²) in [6.07, 6.45) is -1.32. The number of hydrogen-bond acceptors (Lipinski definition) is 4. The van der Waals surface area contributed by atoms with Crippen LogP contribution in [-0.2, 0) is 9.84 Å². The predicted octanol–water partition coefficient (Wildman–Crippen LogP) is 3.98. The summed E-state index contributed by atoms with van der Waals surface area (Å²) in [6.45, 7) is 3.63. The van der Waals surface area contributed by atoms with Crippen LogP contribution in [-0.4, -0.2) is 44.7 Å². The molecule has 6 nitrogen and oxygen atoms in total. The molecule has 0 saturated carbocycles. The van der Waals surface area contributed by atoms with E-state index in [0.29, 0.717) is 6.54 Å². The zero-order valence-electron chi connectivity index (χ0n) is 16.8. The number of halogens is 2. The van der Waals surface area contributed by atoms with Crippen molar-refractivity contribution >= 4 is 21.6 Å². The number of amides is 2. The second kappa shape index (κ2) is 9.09. The van der Waals surface area contributed by atoms with Crippen LogP contribution in [0.15, 0.2) is 53.4 Å². The summed E-state index contributed by atoms with van der Waals surface area (Å²) >= 11 is 0. The van der Waals surface area contributed by atoms with E-state index in [0.717, 1.165) is 31.4 Å². The molecule has 2 unspecified atom stereocenters. The fraction of sp³-hybridized carbons (Fsp3) is 0.381. The van der Waals surface area contributed by atoms with Crippen molar-refractivity contribution < 1.29 is 22.0 Å². The highest BCUT2D eigenvalue weighted by atomic mass is 32.2. The number of rotatable bonds is 6. The van der Waals surface area contributed by atoms with Gasteiger partial charge in [0.05, 0.1) is 4.90 Å². The van der Waals surface area contributed by atoms with Gasteiger partial charge in [-0.2, -0.15) is 0 Å². The van der Waals surface area contributed by atoms with Crippen LogP contribution in [0.3, 0.4) is 0 Å². The summed E-state index contributed by atoms with van der Waals surface area (Å²) in [5.41, 5.74) is 0.690. The second-order valence-corrected chi connectivity index (χ2v) is 9.48. The maximum Gasteiger partial charge on any atom is 0.319 e. The quantitative estimate of drug-likeness (QED) is 0.717. The first kappa shape index (κ1) is 22.2. The second-order valence-electron chi connectivity index (χ2n) is 7.49. The number of nitrogens with zero attached hydrogens (tertiary/aromatic N) is 1. The third-order valence-corrected chi connectivity index (χ3v) is 6.46. The predicted molar refractivity (Wildman–Crippen MR) is 111 cm³/mol. The number of benzene rings is 2. The molecule has 1 saturated heterocycles. The molecule has 1 fully saturated rings. The highest BCUT2D eigenvalue weighted by molar-refractivity contribution is 7.90. The summed E-state index contributed by atoms with van der Waals surface area (Å²) < 4.78 is 49.9. The van der Waals surface area contributed by atoms with Gasteiger partial charge in [0, 0.05) is 42.7 Å². The first-order chi connectivity index (χ1) is 14.1. The molecule has 0 radical (unpaired) electrons. The van der Waals surface area contributed by atoms with Crippen molar-refractivity contribution in [3.8, 4) is 0 Å². The minimum absolute atomic E-state index is 0.0685. The average molecular weight is 438 g/mol. The lowest BCUT2D eigenvalue weighted by molar-refractivity contribution is 0.148. The van der Waals surface area contributed by atoms with Crippen molar-refractivity contribution in [2.45, 2.75) is 36.7 Å². The summed E-state index contributed by atoms with van der Waals surface area (Å²) in [4.78, 5) is 14.2. The van der Waals surface area contributed by atoms with Crippen molar-refractivity contribution in [1.82, 2.24) is 10.2 Å². The Bertz CT molecular complexity index is 1000. The van der Waals surface area contributed by atoms with Crippen molar-refractivity contribution in [3.05, 3.63) is 59.7 Å². The average Bonchev–Trinajstić information content (AvgIpc) is 3.15. The SMILES string of the molecule is CC(c1ccccc1)N1CCC(NC(=O)Nc2ccc(S(C)(=O)=O)c(C(F)F)c2)C1. The van der Waals surface area contributed by atoms with Crippen LogP contribution in [0.25, 0.3) is 0 Å². The Morgan fingerprint density at radius 2 is 1.87 bits per heavy atom. The Balaban J connectivity index is 1.60. The van der Waals surface area contributed by atoms with Crippen molar-refractivity contribution in [1.29, 1.82) is 0 Å². The molecule has 0 spiro atoms. The van der Waals surface area contributed by atoms with Gasteiger partial charge in [-0.15, -0.1) is 0 Å². The molecular weight excluding hydrogens is 412 g/mol. The molecule has 0 bridgehead atoms. The summed E-state index contributed by atoms with van der Waals surface area (Å²) in [7, 11) is -3.79. The Kier molecular flexibility index (Phi) is 6.72. The van der Waals surface area contributed by atoms with Crippen LogP contribution in [0, 0.1) is 0 Å². The standard InChI is InChI=1S/C21H25F2N3O3S/c1-14(15-6-4-3-5-7-15)26-11-10-17(13-26)25-21(27)24-16-8-9-19(30(2,28)29)18(12-16)20(22)23/h3-9,12,14,17,20H,10-11,13H2,1-2H3,(H2,24,25,27). The molecule has 2 amide bonds. The van der Waals surface area contributed by atoms with Gasteiger partial charge in [-0.1, -0.05) is 30.3 Å². The summed E-state index contributed by atoms with van der Waals surface area (Å²) in [6, 6.07) is 13.1. The van der Waals surface area contributed by atoms with Gasteiger partial charge < -0.3 is 10.6 Å². The minimum atomic E-state index is -3.79. The first-order valence-corrected chi connectivity index (χ1v) is 11.5.